The van der Waals surface area contributed by atoms with Crippen LogP contribution in [-0.2, 0) is 6.42 Å². The highest BCUT2D eigenvalue weighted by molar-refractivity contribution is 7.99. The van der Waals surface area contributed by atoms with Gasteiger partial charge in [0.25, 0.3) is 0 Å². The van der Waals surface area contributed by atoms with Gasteiger partial charge < -0.3 is 4.90 Å². The third kappa shape index (κ3) is 6.64. The fourth-order valence-corrected chi connectivity index (χ4v) is 2.12. The van der Waals surface area contributed by atoms with Crippen molar-refractivity contribution >= 4 is 11.8 Å². The van der Waals surface area contributed by atoms with E-state index in [4.69, 9.17) is 0 Å². The molecule has 3 nitrogen and oxygen atoms in total. The van der Waals surface area contributed by atoms with Crippen LogP contribution in [0.5, 0.6) is 0 Å². The molecule has 1 heterocycles. The molecule has 0 amide bonds. The highest BCUT2D eigenvalue weighted by Gasteiger charge is 2.01. The number of hydrogen-bond acceptors (Lipinski definition) is 4. The Kier molecular flexibility index (Phi) is 6.52. The number of rotatable bonds is 7. The summed E-state index contributed by atoms with van der Waals surface area (Å²) in [7, 11) is 4.20. The summed E-state index contributed by atoms with van der Waals surface area (Å²) in [6.07, 6.45) is 6.15. The Balaban J connectivity index is 2.34. The van der Waals surface area contributed by atoms with Gasteiger partial charge in [0.2, 0.25) is 0 Å². The van der Waals surface area contributed by atoms with Crippen molar-refractivity contribution in [3.8, 4) is 0 Å². The van der Waals surface area contributed by atoms with E-state index in [2.05, 4.69) is 42.8 Å². The number of aryl methyl sites for hydroxylation is 1. The molecule has 0 saturated heterocycles. The van der Waals surface area contributed by atoms with E-state index in [0.29, 0.717) is 5.92 Å². The van der Waals surface area contributed by atoms with Crippen molar-refractivity contribution in [1.29, 1.82) is 0 Å². The molecule has 17 heavy (non-hydrogen) atoms. The van der Waals surface area contributed by atoms with Crippen LogP contribution in [0.4, 0.5) is 0 Å². The normalized spacial score (nSPS) is 11.4. The Morgan fingerprint density at radius 1 is 1.24 bits per heavy atom. The molecule has 0 aliphatic rings. The molecule has 0 bridgehead atoms. The molecule has 1 rings (SSSR count). The van der Waals surface area contributed by atoms with Gasteiger partial charge in [-0.1, -0.05) is 25.6 Å². The van der Waals surface area contributed by atoms with E-state index >= 15 is 0 Å². The van der Waals surface area contributed by atoms with Gasteiger partial charge in [-0.3, -0.25) is 0 Å². The lowest BCUT2D eigenvalue weighted by Gasteiger charge is -2.08. The standard InChI is InChI=1S/C13H23N3S/c1-11(2)10-17-13-14-8-12(9-15-13)6-5-7-16(3)4/h8-9,11H,5-7,10H2,1-4H3. The predicted octanol–water partition coefficient (Wildman–Crippen LogP) is 2.72. The average molecular weight is 253 g/mol. The molecule has 96 valence electrons. The quantitative estimate of drug-likeness (QED) is 0.552. The predicted molar refractivity (Wildman–Crippen MR) is 74.5 cm³/mol. The maximum atomic E-state index is 4.39. The monoisotopic (exact) mass is 253 g/mol. The molecule has 0 saturated carbocycles. The van der Waals surface area contributed by atoms with E-state index in [9.17, 15) is 0 Å². The average Bonchev–Trinajstić information content (AvgIpc) is 2.27. The topological polar surface area (TPSA) is 29.0 Å². The van der Waals surface area contributed by atoms with Crippen molar-refractivity contribution in [2.45, 2.75) is 31.8 Å². The molecule has 0 spiro atoms. The minimum absolute atomic E-state index is 0.684. The van der Waals surface area contributed by atoms with Crippen molar-refractivity contribution < 1.29 is 0 Å². The van der Waals surface area contributed by atoms with Crippen LogP contribution in [0.2, 0.25) is 0 Å². The maximum Gasteiger partial charge on any atom is 0.187 e. The second-order valence-corrected chi connectivity index (χ2v) is 5.97. The molecule has 0 aliphatic carbocycles. The lowest BCUT2D eigenvalue weighted by molar-refractivity contribution is 0.400. The molecule has 1 aromatic heterocycles. The summed E-state index contributed by atoms with van der Waals surface area (Å²) >= 11 is 1.74. The zero-order valence-corrected chi connectivity index (χ0v) is 12.1. The molecule has 0 radical (unpaired) electrons. The second-order valence-electron chi connectivity index (χ2n) is 4.99. The molecule has 0 N–H and O–H groups in total. The number of hydrogen-bond donors (Lipinski definition) is 0. The summed E-state index contributed by atoms with van der Waals surface area (Å²) in [4.78, 5) is 11.0. The minimum Gasteiger partial charge on any atom is -0.309 e. The van der Waals surface area contributed by atoms with E-state index in [0.717, 1.165) is 30.3 Å². The van der Waals surface area contributed by atoms with Gasteiger partial charge >= 0.3 is 0 Å². The van der Waals surface area contributed by atoms with Crippen LogP contribution < -0.4 is 0 Å². The van der Waals surface area contributed by atoms with Gasteiger partial charge in [0.15, 0.2) is 5.16 Å². The van der Waals surface area contributed by atoms with E-state index < -0.39 is 0 Å². The number of thioether (sulfide) groups is 1. The summed E-state index contributed by atoms with van der Waals surface area (Å²) in [5.74, 6) is 1.77. The Labute approximate surface area is 109 Å². The van der Waals surface area contributed by atoms with Gasteiger partial charge in [-0.15, -0.1) is 0 Å². The third-order valence-electron chi connectivity index (χ3n) is 2.30. The lowest BCUT2D eigenvalue weighted by Crippen LogP contribution is -2.13. The van der Waals surface area contributed by atoms with Gasteiger partial charge in [0.1, 0.15) is 0 Å². The molecule has 0 fully saturated rings. The summed E-state index contributed by atoms with van der Waals surface area (Å²) in [6.45, 7) is 5.54. The Morgan fingerprint density at radius 3 is 2.41 bits per heavy atom. The largest absolute Gasteiger partial charge is 0.309 e. The molecular weight excluding hydrogens is 230 g/mol. The zero-order chi connectivity index (χ0) is 12.7. The number of nitrogens with zero attached hydrogens (tertiary/aromatic N) is 3. The second kappa shape index (κ2) is 7.67. The maximum absolute atomic E-state index is 4.39. The Hall–Kier alpha value is -0.610. The zero-order valence-electron chi connectivity index (χ0n) is 11.3. The summed E-state index contributed by atoms with van der Waals surface area (Å²) in [6, 6.07) is 0. The molecular formula is C13H23N3S. The van der Waals surface area contributed by atoms with E-state index in [1.165, 1.54) is 5.56 Å². The van der Waals surface area contributed by atoms with Crippen LogP contribution in [0, 0.1) is 5.92 Å². The molecule has 0 aliphatic heterocycles. The van der Waals surface area contributed by atoms with Crippen molar-refractivity contribution in [2.24, 2.45) is 5.92 Å². The first-order chi connectivity index (χ1) is 8.08. The Morgan fingerprint density at radius 2 is 1.88 bits per heavy atom. The van der Waals surface area contributed by atoms with Crippen molar-refractivity contribution in [2.75, 3.05) is 26.4 Å². The molecule has 1 aromatic rings. The van der Waals surface area contributed by atoms with Crippen LogP contribution in [0.1, 0.15) is 25.8 Å². The molecule has 0 atom stereocenters. The Bertz CT molecular complexity index is 309. The minimum atomic E-state index is 0.684. The van der Waals surface area contributed by atoms with Crippen LogP contribution in [0.15, 0.2) is 17.6 Å². The van der Waals surface area contributed by atoms with Gasteiger partial charge in [0.05, 0.1) is 0 Å². The van der Waals surface area contributed by atoms with E-state index in [1.807, 2.05) is 12.4 Å². The summed E-state index contributed by atoms with van der Waals surface area (Å²) in [5, 5.41) is 0.898. The highest BCUT2D eigenvalue weighted by atomic mass is 32.2. The first kappa shape index (κ1) is 14.5. The molecule has 0 unspecified atom stereocenters. The van der Waals surface area contributed by atoms with E-state index in [1.54, 1.807) is 11.8 Å². The molecule has 4 heteroatoms. The fraction of sp³-hybridized carbons (Fsp3) is 0.692. The number of aromatic nitrogens is 2. The summed E-state index contributed by atoms with van der Waals surface area (Å²) < 4.78 is 0. The highest BCUT2D eigenvalue weighted by Crippen LogP contribution is 2.15. The van der Waals surface area contributed by atoms with Crippen LogP contribution >= 0.6 is 11.8 Å². The smallest absolute Gasteiger partial charge is 0.187 e. The van der Waals surface area contributed by atoms with E-state index in [-0.39, 0.29) is 0 Å². The first-order valence-corrected chi connectivity index (χ1v) is 7.15. The van der Waals surface area contributed by atoms with Crippen molar-refractivity contribution in [1.82, 2.24) is 14.9 Å². The fourth-order valence-electron chi connectivity index (χ4n) is 1.39. The summed E-state index contributed by atoms with van der Waals surface area (Å²) in [5.41, 5.74) is 1.24. The van der Waals surface area contributed by atoms with Crippen molar-refractivity contribution in [3.05, 3.63) is 18.0 Å². The third-order valence-corrected chi connectivity index (χ3v) is 3.60. The van der Waals surface area contributed by atoms with Gasteiger partial charge in [0, 0.05) is 18.1 Å². The van der Waals surface area contributed by atoms with Crippen LogP contribution in [0.25, 0.3) is 0 Å². The van der Waals surface area contributed by atoms with Crippen LogP contribution in [-0.4, -0.2) is 41.3 Å². The molecule has 0 aromatic carbocycles. The van der Waals surface area contributed by atoms with Gasteiger partial charge in [-0.2, -0.15) is 0 Å². The first-order valence-electron chi connectivity index (χ1n) is 6.16. The van der Waals surface area contributed by atoms with Gasteiger partial charge in [-0.25, -0.2) is 9.97 Å². The SMILES string of the molecule is CC(C)CSc1ncc(CCCN(C)C)cn1. The van der Waals surface area contributed by atoms with Crippen molar-refractivity contribution in [3.63, 3.8) is 0 Å². The van der Waals surface area contributed by atoms with Gasteiger partial charge in [-0.05, 0) is 45.0 Å². The van der Waals surface area contributed by atoms with Crippen LogP contribution in [0.3, 0.4) is 0 Å². The lowest BCUT2D eigenvalue weighted by atomic mass is 10.2.